The van der Waals surface area contributed by atoms with Crippen LogP contribution in [0, 0.1) is 5.82 Å². The van der Waals surface area contributed by atoms with Crippen LogP contribution in [-0.2, 0) is 11.3 Å². The zero-order valence-corrected chi connectivity index (χ0v) is 11.2. The maximum atomic E-state index is 12.9. The van der Waals surface area contributed by atoms with E-state index in [2.05, 4.69) is 12.2 Å². The van der Waals surface area contributed by atoms with E-state index >= 15 is 0 Å². The molecule has 0 aliphatic heterocycles. The molecule has 3 heteroatoms. The standard InChI is InChI=1S/C16H18FNO/c1-12(13-7-9-15(17)10-8-13)18-16-6-4-3-5-14(16)11-19-2/h3-10,12,18H,11H2,1-2H3. The molecule has 0 aromatic heterocycles. The normalized spacial score (nSPS) is 12.2. The first-order valence-corrected chi connectivity index (χ1v) is 6.29. The van der Waals surface area contributed by atoms with Gasteiger partial charge in [0.05, 0.1) is 6.61 Å². The Bertz CT molecular complexity index is 525. The largest absolute Gasteiger partial charge is 0.380 e. The predicted octanol–water partition coefficient (Wildman–Crippen LogP) is 4.15. The Labute approximate surface area is 113 Å². The minimum Gasteiger partial charge on any atom is -0.380 e. The average molecular weight is 259 g/mol. The van der Waals surface area contributed by atoms with Crippen molar-refractivity contribution in [2.45, 2.75) is 19.6 Å². The first-order valence-electron chi connectivity index (χ1n) is 6.29. The number of rotatable bonds is 5. The molecular weight excluding hydrogens is 241 g/mol. The highest BCUT2D eigenvalue weighted by molar-refractivity contribution is 5.52. The fraction of sp³-hybridized carbons (Fsp3) is 0.250. The molecule has 0 amide bonds. The van der Waals surface area contributed by atoms with Crippen molar-refractivity contribution in [3.05, 3.63) is 65.5 Å². The third-order valence-electron chi connectivity index (χ3n) is 3.06. The number of methoxy groups -OCH3 is 1. The minimum absolute atomic E-state index is 0.110. The molecule has 2 aromatic rings. The second kappa shape index (κ2) is 6.34. The molecule has 0 fully saturated rings. The Morgan fingerprint density at radius 2 is 1.79 bits per heavy atom. The number of benzene rings is 2. The molecule has 0 spiro atoms. The van der Waals surface area contributed by atoms with Gasteiger partial charge in [-0.1, -0.05) is 30.3 Å². The zero-order chi connectivity index (χ0) is 13.7. The Kier molecular flexibility index (Phi) is 4.53. The molecule has 0 radical (unpaired) electrons. The summed E-state index contributed by atoms with van der Waals surface area (Å²) in [6.07, 6.45) is 0. The van der Waals surface area contributed by atoms with Crippen LogP contribution in [0.3, 0.4) is 0 Å². The van der Waals surface area contributed by atoms with Gasteiger partial charge in [-0.15, -0.1) is 0 Å². The van der Waals surface area contributed by atoms with E-state index in [-0.39, 0.29) is 11.9 Å². The molecule has 100 valence electrons. The van der Waals surface area contributed by atoms with Gasteiger partial charge in [-0.3, -0.25) is 0 Å². The quantitative estimate of drug-likeness (QED) is 0.871. The van der Waals surface area contributed by atoms with Crippen LogP contribution in [0.15, 0.2) is 48.5 Å². The van der Waals surface area contributed by atoms with E-state index in [4.69, 9.17) is 4.74 Å². The number of anilines is 1. The highest BCUT2D eigenvalue weighted by Crippen LogP contribution is 2.23. The molecule has 1 N–H and O–H groups in total. The van der Waals surface area contributed by atoms with E-state index in [1.54, 1.807) is 19.2 Å². The molecule has 0 aliphatic carbocycles. The van der Waals surface area contributed by atoms with Gasteiger partial charge in [0, 0.05) is 24.4 Å². The summed E-state index contributed by atoms with van der Waals surface area (Å²) in [4.78, 5) is 0. The zero-order valence-electron chi connectivity index (χ0n) is 11.2. The van der Waals surface area contributed by atoms with Gasteiger partial charge in [-0.25, -0.2) is 4.39 Å². The molecule has 0 bridgehead atoms. The highest BCUT2D eigenvalue weighted by Gasteiger charge is 2.08. The minimum atomic E-state index is -0.212. The Hall–Kier alpha value is -1.87. The summed E-state index contributed by atoms with van der Waals surface area (Å²) in [5.41, 5.74) is 3.20. The molecule has 0 heterocycles. The molecule has 2 aromatic carbocycles. The number of hydrogen-bond acceptors (Lipinski definition) is 2. The van der Waals surface area contributed by atoms with Crippen molar-refractivity contribution < 1.29 is 9.13 Å². The maximum Gasteiger partial charge on any atom is 0.123 e. The second-order valence-electron chi connectivity index (χ2n) is 4.51. The lowest BCUT2D eigenvalue weighted by atomic mass is 10.1. The fourth-order valence-corrected chi connectivity index (χ4v) is 2.01. The first-order chi connectivity index (χ1) is 9.20. The van der Waals surface area contributed by atoms with Gasteiger partial charge >= 0.3 is 0 Å². The van der Waals surface area contributed by atoms with Crippen LogP contribution < -0.4 is 5.32 Å². The van der Waals surface area contributed by atoms with Crippen molar-refractivity contribution in [3.63, 3.8) is 0 Å². The molecule has 19 heavy (non-hydrogen) atoms. The summed E-state index contributed by atoms with van der Waals surface area (Å²) in [7, 11) is 1.68. The summed E-state index contributed by atoms with van der Waals surface area (Å²) in [5.74, 6) is -0.212. The molecule has 1 unspecified atom stereocenters. The van der Waals surface area contributed by atoms with Crippen LogP contribution in [0.2, 0.25) is 0 Å². The number of nitrogens with one attached hydrogen (secondary N) is 1. The molecule has 0 saturated heterocycles. The average Bonchev–Trinajstić information content (AvgIpc) is 2.42. The number of hydrogen-bond donors (Lipinski definition) is 1. The number of halogens is 1. The van der Waals surface area contributed by atoms with Crippen LogP contribution in [0.4, 0.5) is 10.1 Å². The van der Waals surface area contributed by atoms with E-state index < -0.39 is 0 Å². The smallest absolute Gasteiger partial charge is 0.123 e. The molecule has 0 aliphatic rings. The third kappa shape index (κ3) is 3.55. The SMILES string of the molecule is COCc1ccccc1NC(C)c1ccc(F)cc1. The van der Waals surface area contributed by atoms with E-state index in [9.17, 15) is 4.39 Å². The topological polar surface area (TPSA) is 21.3 Å². The summed E-state index contributed by atoms with van der Waals surface area (Å²) >= 11 is 0. The van der Waals surface area contributed by atoms with E-state index in [0.717, 1.165) is 16.8 Å². The summed E-state index contributed by atoms with van der Waals surface area (Å²) in [6.45, 7) is 2.62. The van der Waals surface area contributed by atoms with Crippen molar-refractivity contribution in [2.24, 2.45) is 0 Å². The van der Waals surface area contributed by atoms with Gasteiger partial charge in [0.1, 0.15) is 5.82 Å². The summed E-state index contributed by atoms with van der Waals surface area (Å²) in [6, 6.07) is 14.7. The van der Waals surface area contributed by atoms with Gasteiger partial charge < -0.3 is 10.1 Å². The van der Waals surface area contributed by atoms with E-state index in [1.165, 1.54) is 12.1 Å². The van der Waals surface area contributed by atoms with Gasteiger partial charge in [-0.05, 0) is 30.7 Å². The van der Waals surface area contributed by atoms with Crippen LogP contribution >= 0.6 is 0 Å². The Balaban J connectivity index is 2.14. The van der Waals surface area contributed by atoms with Crippen molar-refractivity contribution >= 4 is 5.69 Å². The van der Waals surface area contributed by atoms with Crippen LogP contribution in [0.1, 0.15) is 24.1 Å². The third-order valence-corrected chi connectivity index (χ3v) is 3.06. The van der Waals surface area contributed by atoms with Gasteiger partial charge in [0.2, 0.25) is 0 Å². The first kappa shape index (κ1) is 13.6. The second-order valence-corrected chi connectivity index (χ2v) is 4.51. The van der Waals surface area contributed by atoms with Crippen molar-refractivity contribution in [1.82, 2.24) is 0 Å². The lowest BCUT2D eigenvalue weighted by Gasteiger charge is -2.18. The molecule has 0 saturated carbocycles. The predicted molar refractivity (Wildman–Crippen MR) is 75.6 cm³/mol. The summed E-state index contributed by atoms with van der Waals surface area (Å²) in [5, 5.41) is 3.43. The Morgan fingerprint density at radius 3 is 2.47 bits per heavy atom. The lowest BCUT2D eigenvalue weighted by Crippen LogP contribution is -2.08. The van der Waals surface area contributed by atoms with Crippen molar-refractivity contribution in [2.75, 3.05) is 12.4 Å². The van der Waals surface area contributed by atoms with Gasteiger partial charge in [-0.2, -0.15) is 0 Å². The summed E-state index contributed by atoms with van der Waals surface area (Å²) < 4.78 is 18.1. The van der Waals surface area contributed by atoms with Crippen molar-refractivity contribution in [3.8, 4) is 0 Å². The molecule has 2 nitrogen and oxygen atoms in total. The maximum absolute atomic E-state index is 12.9. The van der Waals surface area contributed by atoms with Gasteiger partial charge in [0.15, 0.2) is 0 Å². The van der Waals surface area contributed by atoms with E-state index in [1.807, 2.05) is 24.3 Å². The molecule has 2 rings (SSSR count). The highest BCUT2D eigenvalue weighted by atomic mass is 19.1. The van der Waals surface area contributed by atoms with E-state index in [0.29, 0.717) is 6.61 Å². The van der Waals surface area contributed by atoms with Crippen LogP contribution in [0.25, 0.3) is 0 Å². The molecular formula is C16H18FNO. The van der Waals surface area contributed by atoms with Crippen molar-refractivity contribution in [1.29, 1.82) is 0 Å². The van der Waals surface area contributed by atoms with Crippen LogP contribution in [0.5, 0.6) is 0 Å². The van der Waals surface area contributed by atoms with Gasteiger partial charge in [0.25, 0.3) is 0 Å². The lowest BCUT2D eigenvalue weighted by molar-refractivity contribution is 0.185. The number of para-hydroxylation sites is 1. The van der Waals surface area contributed by atoms with Crippen LogP contribution in [-0.4, -0.2) is 7.11 Å². The Morgan fingerprint density at radius 1 is 1.11 bits per heavy atom. The molecule has 1 atom stereocenters. The number of ether oxygens (including phenoxy) is 1. The fourth-order valence-electron chi connectivity index (χ4n) is 2.01. The monoisotopic (exact) mass is 259 g/mol.